The third-order valence-electron chi connectivity index (χ3n) is 6.15. The number of alkyl halides is 3. The van der Waals surface area contributed by atoms with Crippen LogP contribution in [-0.2, 0) is 22.3 Å². The lowest BCUT2D eigenvalue weighted by atomic mass is 10.0. The van der Waals surface area contributed by atoms with Crippen molar-refractivity contribution in [3.05, 3.63) is 71.8 Å². The SMILES string of the molecule is C=CC(=O)N1CCCC(n2c(NC(=O)c3cccc(C(F)(F)F)c3)nc3cc(COCC)ccc32)C1. The summed E-state index contributed by atoms with van der Waals surface area (Å²) in [5.41, 5.74) is 1.21. The van der Waals surface area contributed by atoms with Crippen molar-refractivity contribution in [3.8, 4) is 0 Å². The lowest BCUT2D eigenvalue weighted by Gasteiger charge is -2.33. The molecule has 1 unspecified atom stereocenters. The molecule has 1 aromatic heterocycles. The first-order valence-electron chi connectivity index (χ1n) is 11.7. The number of anilines is 1. The summed E-state index contributed by atoms with van der Waals surface area (Å²) in [6.07, 6.45) is -1.82. The topological polar surface area (TPSA) is 76.5 Å². The van der Waals surface area contributed by atoms with Gasteiger partial charge in [0.2, 0.25) is 11.9 Å². The highest BCUT2D eigenvalue weighted by Crippen LogP contribution is 2.32. The Morgan fingerprint density at radius 1 is 1.25 bits per heavy atom. The Morgan fingerprint density at radius 3 is 2.78 bits per heavy atom. The van der Waals surface area contributed by atoms with Crippen LogP contribution in [0, 0.1) is 0 Å². The van der Waals surface area contributed by atoms with E-state index in [1.807, 2.05) is 29.7 Å². The van der Waals surface area contributed by atoms with E-state index in [0.29, 0.717) is 31.8 Å². The van der Waals surface area contributed by atoms with E-state index in [0.717, 1.165) is 36.1 Å². The first-order valence-corrected chi connectivity index (χ1v) is 11.7. The molecule has 0 spiro atoms. The molecule has 10 heteroatoms. The highest BCUT2D eigenvalue weighted by atomic mass is 19.4. The summed E-state index contributed by atoms with van der Waals surface area (Å²) < 4.78 is 46.8. The number of likely N-dealkylation sites (tertiary alicyclic amines) is 1. The second kappa shape index (κ2) is 10.5. The van der Waals surface area contributed by atoms with E-state index in [9.17, 15) is 22.8 Å². The van der Waals surface area contributed by atoms with Gasteiger partial charge in [-0.3, -0.25) is 14.9 Å². The van der Waals surface area contributed by atoms with Crippen molar-refractivity contribution in [3.63, 3.8) is 0 Å². The normalized spacial score (nSPS) is 16.2. The molecule has 1 aliphatic rings. The minimum atomic E-state index is -4.57. The van der Waals surface area contributed by atoms with Crippen LogP contribution in [-0.4, -0.2) is 46.0 Å². The molecule has 1 atom stereocenters. The third kappa shape index (κ3) is 5.43. The van der Waals surface area contributed by atoms with Gasteiger partial charge in [0.15, 0.2) is 0 Å². The van der Waals surface area contributed by atoms with Gasteiger partial charge in [0, 0.05) is 25.3 Å². The lowest BCUT2D eigenvalue weighted by Crippen LogP contribution is -2.40. The largest absolute Gasteiger partial charge is 0.416 e. The van der Waals surface area contributed by atoms with Crippen LogP contribution < -0.4 is 5.32 Å². The van der Waals surface area contributed by atoms with Gasteiger partial charge >= 0.3 is 6.18 Å². The Balaban J connectivity index is 1.72. The van der Waals surface area contributed by atoms with E-state index in [1.54, 1.807) is 4.90 Å². The first-order chi connectivity index (χ1) is 17.2. The maximum Gasteiger partial charge on any atom is 0.416 e. The van der Waals surface area contributed by atoms with Crippen molar-refractivity contribution in [2.45, 2.75) is 38.6 Å². The van der Waals surface area contributed by atoms with Crippen molar-refractivity contribution in [2.75, 3.05) is 25.0 Å². The number of hydrogen-bond acceptors (Lipinski definition) is 4. The lowest BCUT2D eigenvalue weighted by molar-refractivity contribution is -0.137. The zero-order chi connectivity index (χ0) is 25.9. The van der Waals surface area contributed by atoms with Crippen molar-refractivity contribution in [1.82, 2.24) is 14.5 Å². The number of piperidine rings is 1. The Morgan fingerprint density at radius 2 is 2.06 bits per heavy atom. The highest BCUT2D eigenvalue weighted by Gasteiger charge is 2.31. The van der Waals surface area contributed by atoms with E-state index in [4.69, 9.17) is 4.74 Å². The zero-order valence-electron chi connectivity index (χ0n) is 19.8. The molecule has 190 valence electrons. The predicted octanol–water partition coefficient (Wildman–Crippen LogP) is 5.19. The van der Waals surface area contributed by atoms with Crippen LogP contribution in [0.3, 0.4) is 0 Å². The van der Waals surface area contributed by atoms with Crippen LogP contribution in [0.2, 0.25) is 0 Å². The summed E-state index contributed by atoms with van der Waals surface area (Å²) in [6.45, 7) is 7.40. The van der Waals surface area contributed by atoms with Crippen LogP contribution in [0.1, 0.15) is 47.3 Å². The third-order valence-corrected chi connectivity index (χ3v) is 6.15. The Kier molecular flexibility index (Phi) is 7.44. The average Bonchev–Trinajstić information content (AvgIpc) is 3.23. The highest BCUT2D eigenvalue weighted by molar-refractivity contribution is 6.04. The van der Waals surface area contributed by atoms with Gasteiger partial charge in [0.1, 0.15) is 0 Å². The van der Waals surface area contributed by atoms with Gasteiger partial charge in [-0.05, 0) is 61.7 Å². The van der Waals surface area contributed by atoms with Gasteiger partial charge in [0.05, 0.1) is 29.2 Å². The molecule has 1 N–H and O–H groups in total. The monoisotopic (exact) mass is 500 g/mol. The minimum Gasteiger partial charge on any atom is -0.377 e. The second-order valence-corrected chi connectivity index (χ2v) is 8.58. The van der Waals surface area contributed by atoms with Gasteiger partial charge in [-0.25, -0.2) is 4.98 Å². The summed E-state index contributed by atoms with van der Waals surface area (Å²) in [5.74, 6) is -0.682. The van der Waals surface area contributed by atoms with E-state index in [2.05, 4.69) is 16.9 Å². The van der Waals surface area contributed by atoms with E-state index in [-0.39, 0.29) is 23.5 Å². The Bertz CT molecular complexity index is 1290. The molecule has 1 aliphatic heterocycles. The fourth-order valence-electron chi connectivity index (χ4n) is 4.42. The maximum absolute atomic E-state index is 13.2. The molecule has 2 amide bonds. The molecule has 2 aromatic carbocycles. The van der Waals surface area contributed by atoms with E-state index >= 15 is 0 Å². The molecular formula is C26H27F3N4O3. The van der Waals surface area contributed by atoms with Crippen molar-refractivity contribution in [1.29, 1.82) is 0 Å². The van der Waals surface area contributed by atoms with E-state index in [1.165, 1.54) is 18.2 Å². The number of hydrogen-bond donors (Lipinski definition) is 1. The van der Waals surface area contributed by atoms with Crippen LogP contribution >= 0.6 is 0 Å². The smallest absolute Gasteiger partial charge is 0.377 e. The van der Waals surface area contributed by atoms with Crippen LogP contribution in [0.5, 0.6) is 0 Å². The molecule has 0 radical (unpaired) electrons. The predicted molar refractivity (Wildman–Crippen MR) is 130 cm³/mol. The molecule has 0 bridgehead atoms. The van der Waals surface area contributed by atoms with Crippen LogP contribution in [0.15, 0.2) is 55.1 Å². The Hall–Kier alpha value is -3.66. The number of carbonyl (C=O) groups excluding carboxylic acids is 2. The summed E-state index contributed by atoms with van der Waals surface area (Å²) in [6, 6.07) is 9.70. The van der Waals surface area contributed by atoms with Gasteiger partial charge in [0.25, 0.3) is 5.91 Å². The summed E-state index contributed by atoms with van der Waals surface area (Å²) in [5, 5.41) is 2.70. The van der Waals surface area contributed by atoms with Crippen LogP contribution in [0.4, 0.5) is 19.1 Å². The van der Waals surface area contributed by atoms with Gasteiger partial charge in [-0.1, -0.05) is 18.7 Å². The number of imidazole rings is 1. The fourth-order valence-corrected chi connectivity index (χ4v) is 4.42. The molecule has 1 fully saturated rings. The molecular weight excluding hydrogens is 473 g/mol. The molecule has 7 nitrogen and oxygen atoms in total. The summed E-state index contributed by atoms with van der Waals surface area (Å²) in [4.78, 5) is 31.6. The zero-order valence-corrected chi connectivity index (χ0v) is 19.8. The molecule has 3 aromatic rings. The number of aromatic nitrogens is 2. The summed E-state index contributed by atoms with van der Waals surface area (Å²) in [7, 11) is 0. The maximum atomic E-state index is 13.2. The Labute approximate surface area is 206 Å². The summed E-state index contributed by atoms with van der Waals surface area (Å²) >= 11 is 0. The first kappa shape index (κ1) is 25.4. The molecule has 0 saturated carbocycles. The molecule has 4 rings (SSSR count). The van der Waals surface area contributed by atoms with Gasteiger partial charge in [-0.2, -0.15) is 13.2 Å². The standard InChI is InChI=1S/C26H27F3N4O3/c1-3-23(34)32-12-6-9-20(15-32)33-22-11-10-17(16-36-4-2)13-21(22)30-25(33)31-24(35)18-7-5-8-19(14-18)26(27,28)29/h3,5,7-8,10-11,13-14,20H,1,4,6,9,12,15-16H2,2H3,(H,30,31,35). The van der Waals surface area contributed by atoms with Crippen molar-refractivity contribution < 1.29 is 27.5 Å². The number of nitrogens with one attached hydrogen (secondary N) is 1. The number of benzene rings is 2. The quantitative estimate of drug-likeness (QED) is 0.453. The number of halogens is 3. The number of rotatable bonds is 7. The number of fused-ring (bicyclic) bond motifs is 1. The number of ether oxygens (including phenoxy) is 1. The number of amides is 2. The minimum absolute atomic E-state index is 0.132. The molecule has 0 aliphatic carbocycles. The molecule has 1 saturated heterocycles. The van der Waals surface area contributed by atoms with Crippen LogP contribution in [0.25, 0.3) is 11.0 Å². The number of carbonyl (C=O) groups is 2. The van der Waals surface area contributed by atoms with Gasteiger partial charge in [-0.15, -0.1) is 0 Å². The van der Waals surface area contributed by atoms with Crippen molar-refractivity contribution >= 4 is 28.8 Å². The second-order valence-electron chi connectivity index (χ2n) is 8.58. The molecule has 36 heavy (non-hydrogen) atoms. The average molecular weight is 501 g/mol. The van der Waals surface area contributed by atoms with Crippen molar-refractivity contribution in [2.24, 2.45) is 0 Å². The fraction of sp³-hybridized carbons (Fsp3) is 0.346. The number of nitrogens with zero attached hydrogens (tertiary/aromatic N) is 3. The van der Waals surface area contributed by atoms with Gasteiger partial charge < -0.3 is 14.2 Å². The van der Waals surface area contributed by atoms with E-state index < -0.39 is 17.6 Å². The molecule has 2 heterocycles.